The second-order valence-electron chi connectivity index (χ2n) is 11.0. The number of hydrogen-bond donors (Lipinski definition) is 0. The highest BCUT2D eigenvalue weighted by Crippen LogP contribution is 2.51. The fourth-order valence-corrected chi connectivity index (χ4v) is 9.77. The van der Waals surface area contributed by atoms with E-state index in [1.807, 2.05) is 0 Å². The zero-order valence-electron chi connectivity index (χ0n) is 18.8. The quantitative estimate of drug-likeness (QED) is 0.551. The molecule has 4 fully saturated rings. The summed E-state index contributed by atoms with van der Waals surface area (Å²) in [4.78, 5) is 13.5. The largest absolute Gasteiger partial charge is 0.289 e. The van der Waals surface area contributed by atoms with Crippen molar-refractivity contribution in [1.29, 1.82) is 0 Å². The van der Waals surface area contributed by atoms with E-state index in [-0.39, 0.29) is 26.4 Å². The van der Waals surface area contributed by atoms with E-state index < -0.39 is 20.0 Å². The highest BCUT2D eigenvalue weighted by Gasteiger charge is 2.52. The van der Waals surface area contributed by atoms with Gasteiger partial charge in [0.25, 0.3) is 0 Å². The Morgan fingerprint density at radius 3 is 1.29 bits per heavy atom. The highest BCUT2D eigenvalue weighted by atomic mass is 32.2. The van der Waals surface area contributed by atoms with Crippen LogP contribution in [0.1, 0.15) is 54.4 Å². The van der Waals surface area contributed by atoms with E-state index in [1.165, 1.54) is 20.7 Å². The fraction of sp³-hybridized carbons (Fsp3) is 0.480. The number of carbonyl (C=O) groups is 1. The first-order chi connectivity index (χ1) is 16.1. The fourth-order valence-electron chi connectivity index (χ4n) is 6.39. The van der Waals surface area contributed by atoms with Crippen molar-refractivity contribution in [2.45, 2.75) is 48.3 Å². The van der Waals surface area contributed by atoms with E-state index in [4.69, 9.17) is 0 Å². The molecule has 2 saturated carbocycles. The van der Waals surface area contributed by atoms with Crippen LogP contribution in [0.15, 0.2) is 46.2 Å². The molecule has 2 spiro atoms. The summed E-state index contributed by atoms with van der Waals surface area (Å²) in [6, 6.07) is 9.39. The lowest BCUT2D eigenvalue weighted by Gasteiger charge is -2.54. The van der Waals surface area contributed by atoms with Crippen LogP contribution in [0.2, 0.25) is 0 Å². The molecule has 0 aromatic heterocycles. The first-order valence-electron chi connectivity index (χ1n) is 12.0. The zero-order chi connectivity index (χ0) is 23.5. The number of fused-ring (bicyclic) bond motifs is 3. The Morgan fingerprint density at radius 2 is 0.971 bits per heavy atom. The Kier molecular flexibility index (Phi) is 4.10. The molecule has 2 heterocycles. The topological polar surface area (TPSA) is 91.8 Å². The van der Waals surface area contributed by atoms with Crippen LogP contribution in [-0.4, -0.2) is 57.4 Å². The molecular formula is C25H26N2O5S2. The van der Waals surface area contributed by atoms with Crippen molar-refractivity contribution < 1.29 is 21.6 Å². The minimum absolute atomic E-state index is 0.126. The first-order valence-corrected chi connectivity index (χ1v) is 14.8. The molecule has 9 heteroatoms. The maximum absolute atomic E-state index is 13.3. The molecule has 178 valence electrons. The minimum atomic E-state index is -3.65. The summed E-state index contributed by atoms with van der Waals surface area (Å²) in [5.41, 5.74) is 2.29. The van der Waals surface area contributed by atoms with Gasteiger partial charge in [0, 0.05) is 37.3 Å². The van der Waals surface area contributed by atoms with Crippen LogP contribution >= 0.6 is 0 Å². The summed E-state index contributed by atoms with van der Waals surface area (Å²) in [6.07, 6.45) is 6.66. The van der Waals surface area contributed by atoms with Gasteiger partial charge in [0.2, 0.25) is 20.0 Å². The van der Waals surface area contributed by atoms with Crippen LogP contribution in [0.25, 0.3) is 11.1 Å². The Morgan fingerprint density at radius 1 is 0.588 bits per heavy atom. The molecule has 0 bridgehead atoms. The van der Waals surface area contributed by atoms with Gasteiger partial charge in [-0.15, -0.1) is 0 Å². The van der Waals surface area contributed by atoms with Crippen LogP contribution in [-0.2, 0) is 20.0 Å². The van der Waals surface area contributed by atoms with Crippen molar-refractivity contribution in [2.24, 2.45) is 10.8 Å². The predicted octanol–water partition coefficient (Wildman–Crippen LogP) is 3.25. The lowest BCUT2D eigenvalue weighted by molar-refractivity contribution is -0.00794. The molecule has 0 radical (unpaired) electrons. The maximum atomic E-state index is 13.3. The lowest BCUT2D eigenvalue weighted by Crippen LogP contribution is -2.61. The molecule has 0 atom stereocenters. The molecule has 7 rings (SSSR count). The van der Waals surface area contributed by atoms with Gasteiger partial charge in [0.1, 0.15) is 0 Å². The third-order valence-electron chi connectivity index (χ3n) is 8.91. The number of sulfonamides is 2. The van der Waals surface area contributed by atoms with Crippen molar-refractivity contribution in [3.63, 3.8) is 0 Å². The molecule has 0 amide bonds. The van der Waals surface area contributed by atoms with Gasteiger partial charge in [-0.2, -0.15) is 8.61 Å². The maximum Gasteiger partial charge on any atom is 0.243 e. The van der Waals surface area contributed by atoms with Crippen LogP contribution in [0.4, 0.5) is 0 Å². The van der Waals surface area contributed by atoms with Gasteiger partial charge in [-0.05, 0) is 71.9 Å². The minimum Gasteiger partial charge on any atom is -0.289 e. The van der Waals surface area contributed by atoms with Crippen molar-refractivity contribution in [3.8, 4) is 11.1 Å². The number of nitrogens with zero attached hydrogens (tertiary/aromatic N) is 2. The first kappa shape index (κ1) is 21.2. The summed E-state index contributed by atoms with van der Waals surface area (Å²) in [6.45, 7) is 2.22. The molecule has 2 aromatic carbocycles. The summed E-state index contributed by atoms with van der Waals surface area (Å²) in [7, 11) is -7.30. The SMILES string of the molecule is O=C1c2cc(S(=O)(=O)N3CC4(CCC4)C3)ccc2-c2ccc(S(=O)(=O)N3CC4(CCC4)C3)cc21. The van der Waals surface area contributed by atoms with Crippen LogP contribution < -0.4 is 0 Å². The van der Waals surface area contributed by atoms with Crippen molar-refractivity contribution in [3.05, 3.63) is 47.5 Å². The van der Waals surface area contributed by atoms with Crippen molar-refractivity contribution in [2.75, 3.05) is 26.2 Å². The average molecular weight is 499 g/mol. The highest BCUT2D eigenvalue weighted by molar-refractivity contribution is 7.89. The molecule has 7 nitrogen and oxygen atoms in total. The van der Waals surface area contributed by atoms with Gasteiger partial charge in [-0.3, -0.25) is 4.79 Å². The summed E-state index contributed by atoms with van der Waals surface area (Å²) < 4.78 is 55.5. The van der Waals surface area contributed by atoms with E-state index in [0.717, 1.165) is 38.5 Å². The molecule has 3 aliphatic carbocycles. The van der Waals surface area contributed by atoms with Crippen LogP contribution in [0, 0.1) is 10.8 Å². The standard InChI is InChI=1S/C25H26N2O5S2/c28-23-21-11-17(33(29,30)26-13-24(14-26)7-1-8-24)3-5-19(21)20-6-4-18(12-22(20)23)34(31,32)27-15-25(16-27)9-2-10-25/h3-6,11-12H,1-2,7-10,13-16H2. The predicted molar refractivity (Wildman–Crippen MR) is 125 cm³/mol. The van der Waals surface area contributed by atoms with E-state index in [0.29, 0.717) is 48.4 Å². The third-order valence-corrected chi connectivity index (χ3v) is 12.5. The van der Waals surface area contributed by atoms with E-state index in [2.05, 4.69) is 0 Å². The monoisotopic (exact) mass is 498 g/mol. The summed E-state index contributed by atoms with van der Waals surface area (Å²) in [5, 5.41) is 0. The average Bonchev–Trinajstić information content (AvgIpc) is 2.95. The van der Waals surface area contributed by atoms with E-state index in [1.54, 1.807) is 24.3 Å². The Bertz CT molecular complexity index is 1360. The number of hydrogen-bond acceptors (Lipinski definition) is 5. The molecular weight excluding hydrogens is 472 g/mol. The third kappa shape index (κ3) is 2.72. The van der Waals surface area contributed by atoms with Crippen LogP contribution in [0.3, 0.4) is 0 Å². The van der Waals surface area contributed by atoms with Crippen molar-refractivity contribution >= 4 is 25.8 Å². The van der Waals surface area contributed by atoms with Gasteiger partial charge in [-0.1, -0.05) is 25.0 Å². The van der Waals surface area contributed by atoms with Gasteiger partial charge in [-0.25, -0.2) is 16.8 Å². The Hall–Kier alpha value is -2.07. The van der Waals surface area contributed by atoms with Gasteiger partial charge in [0.05, 0.1) is 9.79 Å². The van der Waals surface area contributed by atoms with E-state index >= 15 is 0 Å². The smallest absolute Gasteiger partial charge is 0.243 e. The number of rotatable bonds is 4. The number of ketones is 1. The molecule has 2 aliphatic heterocycles. The van der Waals surface area contributed by atoms with Gasteiger partial charge >= 0.3 is 0 Å². The lowest BCUT2D eigenvalue weighted by atomic mass is 9.65. The van der Waals surface area contributed by atoms with E-state index in [9.17, 15) is 21.6 Å². The molecule has 2 saturated heterocycles. The summed E-state index contributed by atoms with van der Waals surface area (Å²) >= 11 is 0. The van der Waals surface area contributed by atoms with Gasteiger partial charge in [0.15, 0.2) is 5.78 Å². The number of carbonyl (C=O) groups excluding carboxylic acids is 1. The summed E-state index contributed by atoms with van der Waals surface area (Å²) in [5.74, 6) is -0.322. The second-order valence-corrected chi connectivity index (χ2v) is 14.9. The van der Waals surface area contributed by atoms with Gasteiger partial charge < -0.3 is 0 Å². The molecule has 0 unspecified atom stereocenters. The molecule has 34 heavy (non-hydrogen) atoms. The molecule has 5 aliphatic rings. The number of benzene rings is 2. The molecule has 0 N–H and O–H groups in total. The normalized spacial score (nSPS) is 24.6. The Balaban J connectivity index is 1.17. The van der Waals surface area contributed by atoms with Crippen LogP contribution in [0.5, 0.6) is 0 Å². The second kappa shape index (κ2) is 6.57. The van der Waals surface area contributed by atoms with Crippen molar-refractivity contribution in [1.82, 2.24) is 8.61 Å². The Labute approximate surface area is 199 Å². The zero-order valence-corrected chi connectivity index (χ0v) is 20.4. The molecule has 2 aromatic rings.